The van der Waals surface area contributed by atoms with Crippen LogP contribution in [-0.4, -0.2) is 29.1 Å². The lowest BCUT2D eigenvalue weighted by Gasteiger charge is -2.10. The van der Waals surface area contributed by atoms with Crippen LogP contribution in [0.1, 0.15) is 26.7 Å². The summed E-state index contributed by atoms with van der Waals surface area (Å²) in [6.45, 7) is 2.11. The van der Waals surface area contributed by atoms with Gasteiger partial charge in [0.1, 0.15) is 18.2 Å². The van der Waals surface area contributed by atoms with Crippen LogP contribution in [-0.2, 0) is 14.4 Å². The first-order valence-electron chi connectivity index (χ1n) is 4.09. The summed E-state index contributed by atoms with van der Waals surface area (Å²) in [5.74, 6) is -1.37. The topological polar surface area (TPSA) is 71.4 Å². The van der Waals surface area contributed by atoms with Crippen molar-refractivity contribution in [1.82, 2.24) is 0 Å². The van der Waals surface area contributed by atoms with E-state index in [-0.39, 0.29) is 24.4 Å². The number of hydrogen-bond acceptors (Lipinski definition) is 4. The molecule has 0 unspecified atom stereocenters. The molecular formula is C9H14O4. The third-order valence-corrected chi connectivity index (χ3v) is 1.68. The number of hydrogen-bond donors (Lipinski definition) is 1. The van der Waals surface area contributed by atoms with Crippen LogP contribution in [0.3, 0.4) is 0 Å². The quantitative estimate of drug-likeness (QED) is 0.639. The zero-order chi connectivity index (χ0) is 10.4. The van der Waals surface area contributed by atoms with Gasteiger partial charge in [0, 0.05) is 18.8 Å². The van der Waals surface area contributed by atoms with Gasteiger partial charge in [0.25, 0.3) is 0 Å². The van der Waals surface area contributed by atoms with Gasteiger partial charge in [-0.15, -0.1) is 0 Å². The van der Waals surface area contributed by atoms with Crippen LogP contribution in [0.2, 0.25) is 0 Å². The smallest absolute Gasteiger partial charge is 0.162 e. The van der Waals surface area contributed by atoms with Crippen molar-refractivity contribution in [2.24, 2.45) is 5.92 Å². The summed E-state index contributed by atoms with van der Waals surface area (Å²) in [5, 5.41) is 8.56. The molecule has 0 heterocycles. The summed E-state index contributed by atoms with van der Waals surface area (Å²) in [4.78, 5) is 32.5. The first kappa shape index (κ1) is 12.0. The molecule has 4 nitrogen and oxygen atoms in total. The van der Waals surface area contributed by atoms with Crippen LogP contribution < -0.4 is 0 Å². The first-order chi connectivity index (χ1) is 5.97. The molecule has 0 spiro atoms. The van der Waals surface area contributed by atoms with E-state index in [4.69, 9.17) is 5.11 Å². The highest BCUT2D eigenvalue weighted by atomic mass is 16.3. The van der Waals surface area contributed by atoms with Crippen molar-refractivity contribution >= 4 is 17.3 Å². The van der Waals surface area contributed by atoms with Gasteiger partial charge in [-0.2, -0.15) is 0 Å². The van der Waals surface area contributed by atoms with Crippen molar-refractivity contribution in [2.45, 2.75) is 26.7 Å². The Bertz CT molecular complexity index is 204. The minimum Gasteiger partial charge on any atom is -0.389 e. The Labute approximate surface area is 76.9 Å². The minimum absolute atomic E-state index is 0.0406. The van der Waals surface area contributed by atoms with Crippen LogP contribution in [0.4, 0.5) is 0 Å². The van der Waals surface area contributed by atoms with Crippen molar-refractivity contribution in [3.05, 3.63) is 0 Å². The third kappa shape index (κ3) is 5.25. The van der Waals surface area contributed by atoms with Crippen LogP contribution in [0, 0.1) is 5.92 Å². The maximum absolute atomic E-state index is 11.0. The molecule has 74 valence electrons. The van der Waals surface area contributed by atoms with Crippen molar-refractivity contribution < 1.29 is 19.5 Å². The summed E-state index contributed by atoms with van der Waals surface area (Å²) in [5.41, 5.74) is 0. The molecule has 0 bridgehead atoms. The number of rotatable bonds is 6. The van der Waals surface area contributed by atoms with Gasteiger partial charge in [-0.3, -0.25) is 4.79 Å². The summed E-state index contributed by atoms with van der Waals surface area (Å²) in [6.07, 6.45) is 0.0813. The van der Waals surface area contributed by atoms with Gasteiger partial charge >= 0.3 is 0 Å². The predicted octanol–water partition coefficient (Wildman–Crippen LogP) is 0.122. The van der Waals surface area contributed by atoms with Gasteiger partial charge in [0.05, 0.1) is 0 Å². The Hall–Kier alpha value is -1.03. The van der Waals surface area contributed by atoms with E-state index in [0.717, 1.165) is 0 Å². The summed E-state index contributed by atoms with van der Waals surface area (Å²) in [7, 11) is 0. The van der Waals surface area contributed by atoms with Gasteiger partial charge < -0.3 is 14.7 Å². The number of aliphatic hydroxyl groups is 1. The van der Waals surface area contributed by atoms with Gasteiger partial charge in [-0.05, 0) is 13.8 Å². The largest absolute Gasteiger partial charge is 0.389 e. The molecule has 0 atom stereocenters. The maximum Gasteiger partial charge on any atom is 0.162 e. The Morgan fingerprint density at radius 2 is 1.46 bits per heavy atom. The van der Waals surface area contributed by atoms with E-state index in [0.29, 0.717) is 0 Å². The number of aliphatic hydroxyl groups excluding tert-OH is 1. The molecule has 1 N–H and O–H groups in total. The van der Waals surface area contributed by atoms with E-state index >= 15 is 0 Å². The molecule has 4 heteroatoms. The van der Waals surface area contributed by atoms with E-state index in [2.05, 4.69) is 0 Å². The molecule has 0 radical (unpaired) electrons. The number of carbonyl (C=O) groups is 3. The Kier molecular flexibility index (Phi) is 5.14. The van der Waals surface area contributed by atoms with Crippen LogP contribution in [0.15, 0.2) is 0 Å². The molecular weight excluding hydrogens is 172 g/mol. The molecule has 0 saturated heterocycles. The molecule has 0 aliphatic rings. The average Bonchev–Trinajstić information content (AvgIpc) is 2.00. The maximum atomic E-state index is 11.0. The highest BCUT2D eigenvalue weighted by Crippen LogP contribution is 2.11. The van der Waals surface area contributed by atoms with Crippen LogP contribution in [0.5, 0.6) is 0 Å². The van der Waals surface area contributed by atoms with Gasteiger partial charge in [-0.1, -0.05) is 0 Å². The standard InChI is InChI=1S/C9H14O4/c1-6(11)3-8(4-7(2)12)9(13)5-10/h8,10H,3-5H2,1-2H3. The Morgan fingerprint density at radius 1 is 1.08 bits per heavy atom. The second-order valence-electron chi connectivity index (χ2n) is 3.13. The van der Waals surface area contributed by atoms with Crippen molar-refractivity contribution in [1.29, 1.82) is 0 Å². The lowest BCUT2D eigenvalue weighted by Crippen LogP contribution is -2.22. The summed E-state index contributed by atoms with van der Waals surface area (Å²) in [6, 6.07) is 0. The molecule has 0 saturated carbocycles. The van der Waals surface area contributed by atoms with Crippen molar-refractivity contribution in [3.63, 3.8) is 0 Å². The fourth-order valence-electron chi connectivity index (χ4n) is 1.12. The fourth-order valence-corrected chi connectivity index (χ4v) is 1.12. The second-order valence-corrected chi connectivity index (χ2v) is 3.13. The molecule has 0 aromatic rings. The zero-order valence-electron chi connectivity index (χ0n) is 7.87. The molecule has 0 aliphatic carbocycles. The van der Waals surface area contributed by atoms with E-state index in [1.165, 1.54) is 13.8 Å². The average molecular weight is 186 g/mol. The van der Waals surface area contributed by atoms with Crippen molar-refractivity contribution in [3.8, 4) is 0 Å². The monoisotopic (exact) mass is 186 g/mol. The molecule has 0 aliphatic heterocycles. The van der Waals surface area contributed by atoms with Gasteiger partial charge in [0.15, 0.2) is 5.78 Å². The molecule has 0 aromatic heterocycles. The third-order valence-electron chi connectivity index (χ3n) is 1.68. The van der Waals surface area contributed by atoms with E-state index < -0.39 is 18.3 Å². The summed E-state index contributed by atoms with van der Waals surface area (Å²) >= 11 is 0. The molecule has 13 heavy (non-hydrogen) atoms. The molecule has 0 amide bonds. The zero-order valence-corrected chi connectivity index (χ0v) is 7.87. The summed E-state index contributed by atoms with van der Waals surface area (Å²) < 4.78 is 0. The number of Topliss-reactive ketones (excluding diaryl/α,β-unsaturated/α-hetero) is 3. The van der Waals surface area contributed by atoms with Crippen molar-refractivity contribution in [2.75, 3.05) is 6.61 Å². The number of carbonyl (C=O) groups excluding carboxylic acids is 3. The highest BCUT2D eigenvalue weighted by Gasteiger charge is 2.20. The molecule has 0 aromatic carbocycles. The SMILES string of the molecule is CC(=O)CC(CC(C)=O)C(=O)CO. The van der Waals surface area contributed by atoms with Crippen LogP contribution in [0.25, 0.3) is 0 Å². The second kappa shape index (κ2) is 5.59. The minimum atomic E-state index is -0.639. The van der Waals surface area contributed by atoms with Crippen LogP contribution >= 0.6 is 0 Å². The normalized spacial score (nSPS) is 10.2. The van der Waals surface area contributed by atoms with Gasteiger partial charge in [-0.25, -0.2) is 0 Å². The molecule has 0 rings (SSSR count). The molecule has 0 fully saturated rings. The van der Waals surface area contributed by atoms with E-state index in [9.17, 15) is 14.4 Å². The highest BCUT2D eigenvalue weighted by molar-refractivity contribution is 5.91. The number of ketones is 3. The lowest BCUT2D eigenvalue weighted by atomic mass is 9.93. The fraction of sp³-hybridized carbons (Fsp3) is 0.667. The van der Waals surface area contributed by atoms with E-state index in [1.807, 2.05) is 0 Å². The van der Waals surface area contributed by atoms with Gasteiger partial charge in [0.2, 0.25) is 0 Å². The van der Waals surface area contributed by atoms with E-state index in [1.54, 1.807) is 0 Å². The Balaban J connectivity index is 4.26. The Morgan fingerprint density at radius 3 is 1.69 bits per heavy atom. The lowest BCUT2D eigenvalue weighted by molar-refractivity contribution is -0.131. The predicted molar refractivity (Wildman–Crippen MR) is 46.2 cm³/mol. The first-order valence-corrected chi connectivity index (χ1v) is 4.09.